The predicted octanol–water partition coefficient (Wildman–Crippen LogP) is 10.1. The lowest BCUT2D eigenvalue weighted by Crippen LogP contribution is -2.65. The molecule has 0 radical (unpaired) electrons. The summed E-state index contributed by atoms with van der Waals surface area (Å²) < 4.78 is 6.19. The van der Waals surface area contributed by atoms with Crippen molar-refractivity contribution in [3.63, 3.8) is 0 Å². The minimum Gasteiger partial charge on any atom is -0.461 e. The fraction of sp³-hybridized carbons (Fsp3) is 0.711. The largest absolute Gasteiger partial charge is 0.461 e. The molecule has 0 N–H and O–H groups in total. The van der Waals surface area contributed by atoms with Crippen LogP contribution in [0.5, 0.6) is 0 Å². The standard InChI is InChI=1S/C38H54O2/c1-25(2)28-17-21-38(24-40-33(39)27-12-10-9-11-13-27)23-22-36(7)29(32(28)38)14-15-31-35(6)19-16-26(3)34(4,5)30(35)18-20-37(31,36)8/h9-13,16,28-32H,1,14-15,17-24H2,2-8H3/t28-,29+,30-,31+,32+,35-,36+,37+,38+/m0/s1. The van der Waals surface area contributed by atoms with Crippen molar-refractivity contribution >= 4 is 5.97 Å². The van der Waals surface area contributed by atoms with Crippen LogP contribution in [0.15, 0.2) is 54.1 Å². The second-order valence-electron chi connectivity index (χ2n) is 16.3. The molecule has 6 rings (SSSR count). The van der Waals surface area contributed by atoms with Crippen molar-refractivity contribution in [3.05, 3.63) is 59.7 Å². The number of esters is 1. The van der Waals surface area contributed by atoms with E-state index in [0.29, 0.717) is 51.6 Å². The summed E-state index contributed by atoms with van der Waals surface area (Å²) in [6.45, 7) is 22.9. The van der Waals surface area contributed by atoms with E-state index in [2.05, 4.69) is 61.1 Å². The second-order valence-corrected chi connectivity index (χ2v) is 16.3. The van der Waals surface area contributed by atoms with Crippen molar-refractivity contribution in [1.29, 1.82) is 0 Å². The van der Waals surface area contributed by atoms with Crippen molar-refractivity contribution < 1.29 is 9.53 Å². The summed E-state index contributed by atoms with van der Waals surface area (Å²) in [5.74, 6) is 3.18. The number of fused-ring (bicyclic) bond motifs is 7. The molecule has 4 saturated carbocycles. The highest BCUT2D eigenvalue weighted by atomic mass is 16.5. The molecular formula is C38H54O2. The Balaban J connectivity index is 1.33. The van der Waals surface area contributed by atoms with E-state index in [4.69, 9.17) is 4.74 Å². The average molecular weight is 543 g/mol. The molecule has 218 valence electrons. The molecule has 1 aromatic carbocycles. The minimum absolute atomic E-state index is 0.0925. The lowest BCUT2D eigenvalue weighted by atomic mass is 9.32. The molecular weight excluding hydrogens is 488 g/mol. The van der Waals surface area contributed by atoms with Gasteiger partial charge in [0.05, 0.1) is 12.2 Å². The first-order valence-corrected chi connectivity index (χ1v) is 16.3. The maximum atomic E-state index is 13.1. The molecule has 0 bridgehead atoms. The number of allylic oxidation sites excluding steroid dienone is 3. The fourth-order valence-electron chi connectivity index (χ4n) is 12.2. The van der Waals surface area contributed by atoms with Crippen molar-refractivity contribution in [2.75, 3.05) is 6.61 Å². The zero-order valence-electron chi connectivity index (χ0n) is 26.4. The summed E-state index contributed by atoms with van der Waals surface area (Å²) in [7, 11) is 0. The van der Waals surface area contributed by atoms with Crippen LogP contribution < -0.4 is 0 Å². The summed E-state index contributed by atoms with van der Waals surface area (Å²) in [5, 5.41) is 0. The number of carbonyl (C=O) groups is 1. The summed E-state index contributed by atoms with van der Waals surface area (Å²) in [6, 6.07) is 9.56. The van der Waals surface area contributed by atoms with E-state index in [9.17, 15) is 4.79 Å². The second kappa shape index (κ2) is 9.34. The van der Waals surface area contributed by atoms with E-state index in [1.165, 1.54) is 63.4 Å². The molecule has 5 aliphatic rings. The highest BCUT2D eigenvalue weighted by Gasteiger charge is 2.70. The van der Waals surface area contributed by atoms with Gasteiger partial charge in [0.25, 0.3) is 0 Å². The average Bonchev–Trinajstić information content (AvgIpc) is 3.31. The lowest BCUT2D eigenvalue weighted by Gasteiger charge is -2.72. The Kier molecular flexibility index (Phi) is 6.60. The number of ether oxygens (including phenoxy) is 1. The Morgan fingerprint density at radius 2 is 1.62 bits per heavy atom. The van der Waals surface area contributed by atoms with E-state index in [1.54, 1.807) is 5.57 Å². The summed E-state index contributed by atoms with van der Waals surface area (Å²) in [6.07, 6.45) is 14.1. The van der Waals surface area contributed by atoms with Crippen LogP contribution in [0.2, 0.25) is 0 Å². The van der Waals surface area contributed by atoms with Gasteiger partial charge in [-0.05, 0) is 135 Å². The molecule has 1 aromatic rings. The first kappa shape index (κ1) is 28.3. The van der Waals surface area contributed by atoms with Gasteiger partial charge in [0, 0.05) is 5.41 Å². The van der Waals surface area contributed by atoms with Gasteiger partial charge in [-0.2, -0.15) is 0 Å². The highest BCUT2D eigenvalue weighted by Crippen LogP contribution is 2.77. The number of hydrogen-bond acceptors (Lipinski definition) is 2. The molecule has 2 nitrogen and oxygen atoms in total. The van der Waals surface area contributed by atoms with Gasteiger partial charge < -0.3 is 4.74 Å². The van der Waals surface area contributed by atoms with E-state index in [-0.39, 0.29) is 11.4 Å². The van der Waals surface area contributed by atoms with Crippen LogP contribution in [0, 0.1) is 56.7 Å². The normalized spacial score (nSPS) is 45.3. The van der Waals surface area contributed by atoms with Crippen molar-refractivity contribution in [2.24, 2.45) is 56.7 Å². The van der Waals surface area contributed by atoms with E-state index in [1.807, 2.05) is 30.3 Å². The third-order valence-electron chi connectivity index (χ3n) is 14.7. The van der Waals surface area contributed by atoms with Crippen LogP contribution in [-0.2, 0) is 4.74 Å². The molecule has 0 spiro atoms. The van der Waals surface area contributed by atoms with Crippen molar-refractivity contribution in [2.45, 2.75) is 106 Å². The van der Waals surface area contributed by atoms with Crippen LogP contribution in [0.25, 0.3) is 0 Å². The van der Waals surface area contributed by atoms with Crippen molar-refractivity contribution in [3.8, 4) is 0 Å². The third kappa shape index (κ3) is 3.75. The van der Waals surface area contributed by atoms with E-state index in [0.717, 1.165) is 11.8 Å². The summed E-state index contributed by atoms with van der Waals surface area (Å²) >= 11 is 0. The molecule has 0 heterocycles. The third-order valence-corrected chi connectivity index (χ3v) is 14.7. The molecule has 40 heavy (non-hydrogen) atoms. The number of rotatable bonds is 4. The van der Waals surface area contributed by atoms with Gasteiger partial charge in [-0.3, -0.25) is 0 Å². The van der Waals surface area contributed by atoms with Gasteiger partial charge >= 0.3 is 5.97 Å². The van der Waals surface area contributed by atoms with Gasteiger partial charge in [0.15, 0.2) is 0 Å². The van der Waals surface area contributed by atoms with E-state index >= 15 is 0 Å². The Morgan fingerprint density at radius 3 is 2.33 bits per heavy atom. The van der Waals surface area contributed by atoms with Gasteiger partial charge in [0.1, 0.15) is 0 Å². The van der Waals surface area contributed by atoms with Crippen LogP contribution >= 0.6 is 0 Å². The molecule has 4 fully saturated rings. The number of benzene rings is 1. The summed E-state index contributed by atoms with van der Waals surface area (Å²) in [5.41, 5.74) is 5.08. The fourth-order valence-corrected chi connectivity index (χ4v) is 12.2. The SMILES string of the molecule is C=C(C)[C@@H]1CC[C@]2(COC(=O)c3ccccc3)CC[C@]3(C)[C@H](CC[C@@H]4[C@@]5(C)CC=C(C)C(C)(C)[C@@H]5CC[C@]43C)[C@@H]12. The number of carbonyl (C=O) groups excluding carboxylic acids is 1. The smallest absolute Gasteiger partial charge is 0.338 e. The van der Waals surface area contributed by atoms with Crippen LogP contribution in [0.4, 0.5) is 0 Å². The van der Waals surface area contributed by atoms with Crippen LogP contribution in [0.3, 0.4) is 0 Å². The van der Waals surface area contributed by atoms with Gasteiger partial charge in [-0.15, -0.1) is 0 Å². The zero-order valence-corrected chi connectivity index (χ0v) is 26.4. The maximum absolute atomic E-state index is 13.1. The molecule has 9 atom stereocenters. The minimum atomic E-state index is -0.161. The monoisotopic (exact) mass is 542 g/mol. The van der Waals surface area contributed by atoms with Gasteiger partial charge in [-0.1, -0.05) is 76.6 Å². The molecule has 0 aliphatic heterocycles. The van der Waals surface area contributed by atoms with Gasteiger partial charge in [0.2, 0.25) is 0 Å². The lowest BCUT2D eigenvalue weighted by molar-refractivity contribution is -0.229. The summed E-state index contributed by atoms with van der Waals surface area (Å²) in [4.78, 5) is 13.1. The Bertz CT molecular complexity index is 1210. The molecule has 0 amide bonds. The molecule has 0 saturated heterocycles. The first-order valence-electron chi connectivity index (χ1n) is 16.3. The van der Waals surface area contributed by atoms with Gasteiger partial charge in [-0.25, -0.2) is 4.79 Å². The van der Waals surface area contributed by atoms with E-state index < -0.39 is 0 Å². The van der Waals surface area contributed by atoms with Crippen molar-refractivity contribution in [1.82, 2.24) is 0 Å². The van der Waals surface area contributed by atoms with Crippen LogP contribution in [0.1, 0.15) is 117 Å². The molecule has 2 heteroatoms. The molecule has 0 aromatic heterocycles. The number of hydrogen-bond donors (Lipinski definition) is 0. The zero-order chi connectivity index (χ0) is 28.7. The Labute approximate surface area is 244 Å². The molecule has 0 unspecified atom stereocenters. The highest BCUT2D eigenvalue weighted by molar-refractivity contribution is 5.89. The first-order chi connectivity index (χ1) is 18.8. The van der Waals surface area contributed by atoms with Crippen LogP contribution in [-0.4, -0.2) is 12.6 Å². The maximum Gasteiger partial charge on any atom is 0.338 e. The quantitative estimate of drug-likeness (QED) is 0.279. The molecule has 5 aliphatic carbocycles. The Hall–Kier alpha value is -1.83. The Morgan fingerprint density at radius 1 is 0.900 bits per heavy atom. The topological polar surface area (TPSA) is 26.3 Å². The predicted molar refractivity (Wildman–Crippen MR) is 165 cm³/mol.